The Labute approximate surface area is 177 Å². The van der Waals surface area contributed by atoms with Crippen molar-refractivity contribution >= 4 is 49.6 Å². The van der Waals surface area contributed by atoms with Gasteiger partial charge in [0.2, 0.25) is 0 Å². The highest BCUT2D eigenvalue weighted by molar-refractivity contribution is 7.94. The average Bonchev–Trinajstić information content (AvgIpc) is 3.42. The molecular weight excluding hydrogens is 422 g/mol. The fourth-order valence-corrected chi connectivity index (χ4v) is 4.78. The Morgan fingerprint density at radius 1 is 1.03 bits per heavy atom. The van der Waals surface area contributed by atoms with Crippen LogP contribution in [0.15, 0.2) is 85.8 Å². The van der Waals surface area contributed by atoms with E-state index in [2.05, 4.69) is 15.2 Å². The number of hydrazone groups is 1. The van der Waals surface area contributed by atoms with Crippen LogP contribution in [0.2, 0.25) is 0 Å². The van der Waals surface area contributed by atoms with E-state index in [-0.39, 0.29) is 4.21 Å². The number of amides is 1. The van der Waals surface area contributed by atoms with Crippen LogP contribution in [0.1, 0.15) is 23.0 Å². The summed E-state index contributed by atoms with van der Waals surface area (Å²) in [5.74, 6) is 0.146. The first-order valence-electron chi connectivity index (χ1n) is 8.92. The molecule has 2 aromatic carbocycles. The molecule has 0 aliphatic rings. The molecule has 0 aliphatic carbocycles. The molecule has 0 spiro atoms. The third-order valence-electron chi connectivity index (χ3n) is 4.27. The van der Waals surface area contributed by atoms with Crippen LogP contribution < -0.4 is 10.1 Å². The highest BCUT2D eigenvalue weighted by Crippen LogP contribution is 2.21. The van der Waals surface area contributed by atoms with Gasteiger partial charge < -0.3 is 4.42 Å². The molecule has 2 N–H and O–H groups in total. The van der Waals surface area contributed by atoms with E-state index in [9.17, 15) is 13.2 Å². The molecule has 0 saturated carbocycles. The Bertz CT molecular complexity index is 1290. The van der Waals surface area contributed by atoms with E-state index < -0.39 is 15.9 Å². The lowest BCUT2D eigenvalue weighted by Gasteiger charge is -2.07. The van der Waals surface area contributed by atoms with Crippen molar-refractivity contribution in [2.45, 2.75) is 11.1 Å². The minimum Gasteiger partial charge on any atom is -0.455 e. The molecule has 0 radical (unpaired) electrons. The van der Waals surface area contributed by atoms with Gasteiger partial charge in [-0.15, -0.1) is 11.3 Å². The average molecular weight is 440 g/mol. The van der Waals surface area contributed by atoms with Crippen LogP contribution in [-0.2, 0) is 10.0 Å². The number of rotatable bonds is 6. The topological polar surface area (TPSA) is 101 Å². The molecule has 1 amide bonds. The summed E-state index contributed by atoms with van der Waals surface area (Å²) >= 11 is 1.13. The van der Waals surface area contributed by atoms with Crippen LogP contribution in [0.4, 0.5) is 5.69 Å². The van der Waals surface area contributed by atoms with E-state index in [4.69, 9.17) is 4.42 Å². The highest BCUT2D eigenvalue weighted by Gasteiger charge is 2.15. The molecule has 4 rings (SSSR count). The molecule has 7 nitrogen and oxygen atoms in total. The third-order valence-corrected chi connectivity index (χ3v) is 7.05. The lowest BCUT2D eigenvalue weighted by molar-refractivity contribution is 0.0955. The Morgan fingerprint density at radius 2 is 1.80 bits per heavy atom. The molecule has 0 aliphatic heterocycles. The molecule has 4 aromatic rings. The molecule has 2 aromatic heterocycles. The molecular formula is C21H17N3O4S2. The largest absolute Gasteiger partial charge is 0.455 e. The summed E-state index contributed by atoms with van der Waals surface area (Å²) in [4.78, 5) is 12.4. The predicted octanol–water partition coefficient (Wildman–Crippen LogP) is 4.45. The van der Waals surface area contributed by atoms with Gasteiger partial charge in [0.15, 0.2) is 5.76 Å². The number of benzene rings is 2. The second kappa shape index (κ2) is 8.13. The Kier molecular flexibility index (Phi) is 5.39. The van der Waals surface area contributed by atoms with Gasteiger partial charge in [-0.1, -0.05) is 24.3 Å². The summed E-state index contributed by atoms with van der Waals surface area (Å²) in [5, 5.41) is 6.74. The van der Waals surface area contributed by atoms with Gasteiger partial charge in [-0.05, 0) is 54.8 Å². The molecule has 152 valence electrons. The number of hydrogen-bond acceptors (Lipinski definition) is 6. The number of furan rings is 1. The first-order valence-corrected chi connectivity index (χ1v) is 11.3. The number of nitrogens with one attached hydrogen (secondary N) is 2. The molecule has 0 bridgehead atoms. The van der Waals surface area contributed by atoms with Crippen LogP contribution in [0.25, 0.3) is 11.0 Å². The number of sulfonamides is 1. The zero-order valence-corrected chi connectivity index (χ0v) is 17.5. The van der Waals surface area contributed by atoms with E-state index in [0.717, 1.165) is 22.3 Å². The quantitative estimate of drug-likeness (QED) is 0.342. The van der Waals surface area contributed by atoms with E-state index in [1.807, 2.05) is 30.3 Å². The normalized spacial score (nSPS) is 12.1. The maximum atomic E-state index is 12.4. The summed E-state index contributed by atoms with van der Waals surface area (Å²) in [7, 11) is -3.63. The molecule has 0 atom stereocenters. The number of para-hydroxylation sites is 1. The van der Waals surface area contributed by atoms with E-state index in [1.54, 1.807) is 18.4 Å². The van der Waals surface area contributed by atoms with Gasteiger partial charge in [0.05, 0.1) is 0 Å². The summed E-state index contributed by atoms with van der Waals surface area (Å²) < 4.78 is 32.9. The monoisotopic (exact) mass is 439 g/mol. The number of nitrogens with zero attached hydrogens (tertiary/aromatic N) is 1. The first kappa shape index (κ1) is 19.9. The van der Waals surface area contributed by atoms with Crippen molar-refractivity contribution in [1.82, 2.24) is 5.43 Å². The molecule has 0 saturated heterocycles. The summed E-state index contributed by atoms with van der Waals surface area (Å²) in [6, 6.07) is 18.7. The Balaban J connectivity index is 1.43. The van der Waals surface area contributed by atoms with Gasteiger partial charge >= 0.3 is 0 Å². The zero-order chi connectivity index (χ0) is 21.1. The number of hydrogen-bond donors (Lipinski definition) is 2. The van der Waals surface area contributed by atoms with Gasteiger partial charge in [-0.2, -0.15) is 5.10 Å². The highest BCUT2D eigenvalue weighted by atomic mass is 32.2. The minimum absolute atomic E-state index is 0.222. The summed E-state index contributed by atoms with van der Waals surface area (Å²) in [6.07, 6.45) is 0. The van der Waals surface area contributed by atoms with Gasteiger partial charge in [-0.25, -0.2) is 13.8 Å². The number of carbonyl (C=O) groups excluding carboxylic acids is 1. The van der Waals surface area contributed by atoms with Crippen molar-refractivity contribution < 1.29 is 17.6 Å². The van der Waals surface area contributed by atoms with Crippen molar-refractivity contribution in [3.63, 3.8) is 0 Å². The van der Waals surface area contributed by atoms with Crippen LogP contribution in [0.3, 0.4) is 0 Å². The maximum Gasteiger partial charge on any atom is 0.271 e. The SMILES string of the molecule is C/C(=N/NC(=O)c1ccc(NS(=O)(=O)c2cccs2)cc1)c1cc2ccccc2o1. The maximum absolute atomic E-state index is 12.4. The fourth-order valence-electron chi connectivity index (χ4n) is 2.73. The van der Waals surface area contributed by atoms with Crippen molar-refractivity contribution in [2.75, 3.05) is 4.72 Å². The van der Waals surface area contributed by atoms with Crippen LogP contribution in [-0.4, -0.2) is 20.0 Å². The second-order valence-corrected chi connectivity index (χ2v) is 9.26. The fraction of sp³-hybridized carbons (Fsp3) is 0.0476. The predicted molar refractivity (Wildman–Crippen MR) is 117 cm³/mol. The van der Waals surface area contributed by atoms with Crippen molar-refractivity contribution in [3.8, 4) is 0 Å². The first-order chi connectivity index (χ1) is 14.4. The van der Waals surface area contributed by atoms with Crippen molar-refractivity contribution in [1.29, 1.82) is 0 Å². The number of thiophene rings is 1. The minimum atomic E-state index is -3.63. The van der Waals surface area contributed by atoms with Gasteiger partial charge in [0.25, 0.3) is 15.9 Å². The Hall–Kier alpha value is -3.43. The van der Waals surface area contributed by atoms with Crippen LogP contribution in [0, 0.1) is 0 Å². The Morgan fingerprint density at radius 3 is 2.50 bits per heavy atom. The molecule has 0 unspecified atom stereocenters. The third kappa shape index (κ3) is 4.27. The molecule has 2 heterocycles. The van der Waals surface area contributed by atoms with E-state index >= 15 is 0 Å². The van der Waals surface area contributed by atoms with E-state index in [0.29, 0.717) is 22.7 Å². The van der Waals surface area contributed by atoms with Gasteiger partial charge in [0, 0.05) is 16.6 Å². The van der Waals surface area contributed by atoms with Crippen LogP contribution >= 0.6 is 11.3 Å². The smallest absolute Gasteiger partial charge is 0.271 e. The summed E-state index contributed by atoms with van der Waals surface area (Å²) in [6.45, 7) is 1.74. The van der Waals surface area contributed by atoms with Crippen LogP contribution in [0.5, 0.6) is 0 Å². The van der Waals surface area contributed by atoms with E-state index in [1.165, 1.54) is 30.3 Å². The molecule has 30 heavy (non-hydrogen) atoms. The number of fused-ring (bicyclic) bond motifs is 1. The second-order valence-electron chi connectivity index (χ2n) is 6.40. The van der Waals surface area contributed by atoms with Gasteiger partial charge in [0.1, 0.15) is 15.5 Å². The van der Waals surface area contributed by atoms with Crippen molar-refractivity contribution in [2.24, 2.45) is 5.10 Å². The van der Waals surface area contributed by atoms with Gasteiger partial charge in [-0.3, -0.25) is 9.52 Å². The zero-order valence-electron chi connectivity index (χ0n) is 15.8. The van der Waals surface area contributed by atoms with Crippen molar-refractivity contribution in [3.05, 3.63) is 83.4 Å². The standard InChI is InChI=1S/C21H17N3O4S2/c1-14(19-13-16-5-2-3-6-18(16)28-19)22-23-21(25)15-8-10-17(11-9-15)24-30(26,27)20-7-4-12-29-20/h2-13,24H,1H3,(H,23,25)/b22-14-. The molecule has 0 fully saturated rings. The lowest BCUT2D eigenvalue weighted by Crippen LogP contribution is -2.19. The number of carbonyl (C=O) groups is 1. The summed E-state index contributed by atoms with van der Waals surface area (Å²) in [5.41, 5.74) is 4.46. The number of anilines is 1. The molecule has 9 heteroatoms. The lowest BCUT2D eigenvalue weighted by atomic mass is 10.2.